The predicted molar refractivity (Wildman–Crippen MR) is 83.4 cm³/mol. The normalized spacial score (nSPS) is 18.5. The molecule has 21 heavy (non-hydrogen) atoms. The second-order valence-electron chi connectivity index (χ2n) is 5.07. The van der Waals surface area contributed by atoms with Gasteiger partial charge in [0.15, 0.2) is 5.70 Å². The van der Waals surface area contributed by atoms with Crippen LogP contribution in [0.2, 0.25) is 0 Å². The highest BCUT2D eigenvalue weighted by molar-refractivity contribution is 9.10. The van der Waals surface area contributed by atoms with Crippen molar-refractivity contribution in [2.24, 2.45) is 0 Å². The van der Waals surface area contributed by atoms with Crippen molar-refractivity contribution in [1.82, 2.24) is 4.48 Å². The van der Waals surface area contributed by atoms with E-state index >= 15 is 0 Å². The fourth-order valence-electron chi connectivity index (χ4n) is 2.93. The largest absolute Gasteiger partial charge is 0.737 e. The summed E-state index contributed by atoms with van der Waals surface area (Å²) in [6, 6.07) is 11.1. The minimum absolute atomic E-state index is 0.550. The van der Waals surface area contributed by atoms with E-state index in [4.69, 9.17) is 0 Å². The quantitative estimate of drug-likeness (QED) is 0.692. The Hall–Kier alpha value is -1.95. The number of halogens is 3. The molecule has 0 atom stereocenters. The van der Waals surface area contributed by atoms with Crippen LogP contribution < -0.4 is 0 Å². The summed E-state index contributed by atoms with van der Waals surface area (Å²) in [5.41, 5.74) is 2.84. The first-order chi connectivity index (χ1) is 10.1. The molecule has 2 aliphatic rings. The molecule has 0 radical (unpaired) electrons. The summed E-state index contributed by atoms with van der Waals surface area (Å²) >= 11 is 3.40. The number of nitrogens with zero attached hydrogens (tertiary/aromatic N) is 2. The number of aromatic nitrogens is 1. The molecular formula is C15H10BBrF2N2. The van der Waals surface area contributed by atoms with Gasteiger partial charge in [0.2, 0.25) is 0 Å². The monoisotopic (exact) mass is 346 g/mol. The van der Waals surface area contributed by atoms with E-state index in [1.807, 2.05) is 24.3 Å². The van der Waals surface area contributed by atoms with Gasteiger partial charge in [-0.1, -0.05) is 28.1 Å². The predicted octanol–water partition coefficient (Wildman–Crippen LogP) is 3.90. The van der Waals surface area contributed by atoms with Crippen LogP contribution in [0.15, 0.2) is 64.9 Å². The first-order valence-corrected chi connectivity index (χ1v) is 7.38. The van der Waals surface area contributed by atoms with E-state index < -0.39 is 6.97 Å². The van der Waals surface area contributed by atoms with Crippen LogP contribution in [0.4, 0.5) is 8.63 Å². The van der Waals surface area contributed by atoms with Crippen molar-refractivity contribution < 1.29 is 13.1 Å². The van der Waals surface area contributed by atoms with Crippen molar-refractivity contribution in [3.05, 3.63) is 76.2 Å². The molecule has 0 N–H and O–H groups in total. The lowest BCUT2D eigenvalue weighted by Crippen LogP contribution is -2.49. The van der Waals surface area contributed by atoms with E-state index in [2.05, 4.69) is 15.9 Å². The molecular weight excluding hydrogens is 337 g/mol. The van der Waals surface area contributed by atoms with Crippen LogP contribution in [0.5, 0.6) is 0 Å². The number of rotatable bonds is 1. The third kappa shape index (κ3) is 1.72. The molecule has 2 aromatic rings. The Morgan fingerprint density at radius 1 is 1.10 bits per heavy atom. The molecule has 0 aliphatic carbocycles. The van der Waals surface area contributed by atoms with E-state index in [0.717, 1.165) is 24.6 Å². The second-order valence-corrected chi connectivity index (χ2v) is 5.99. The van der Waals surface area contributed by atoms with Gasteiger partial charge in [-0.3, -0.25) is 0 Å². The molecule has 0 bridgehead atoms. The van der Waals surface area contributed by atoms with Crippen LogP contribution in [0.1, 0.15) is 11.3 Å². The molecule has 104 valence electrons. The third-order valence-corrected chi connectivity index (χ3v) is 4.40. The molecule has 0 spiro atoms. The Morgan fingerprint density at radius 3 is 2.62 bits per heavy atom. The van der Waals surface area contributed by atoms with E-state index in [9.17, 15) is 8.63 Å². The van der Waals surface area contributed by atoms with Gasteiger partial charge in [-0.15, -0.1) is 0 Å². The lowest BCUT2D eigenvalue weighted by Gasteiger charge is -2.30. The first kappa shape index (κ1) is 12.8. The molecule has 1 aromatic heterocycles. The maximum atomic E-state index is 14.6. The summed E-state index contributed by atoms with van der Waals surface area (Å²) in [5, 5.41) is 0. The molecule has 0 saturated carbocycles. The van der Waals surface area contributed by atoms with Crippen LogP contribution in [0, 0.1) is 0 Å². The van der Waals surface area contributed by atoms with Crippen LogP contribution in [0.25, 0.3) is 5.57 Å². The molecule has 4 rings (SSSR count). The Bertz CT molecular complexity index is 832. The van der Waals surface area contributed by atoms with Gasteiger partial charge < -0.3 is 17.6 Å². The second kappa shape index (κ2) is 4.27. The first-order valence-electron chi connectivity index (χ1n) is 6.59. The number of hydrogen-bond donors (Lipinski definition) is 0. The Balaban J connectivity index is 2.04. The van der Waals surface area contributed by atoms with Crippen LogP contribution in [0.3, 0.4) is 0 Å². The van der Waals surface area contributed by atoms with Crippen molar-refractivity contribution in [1.29, 1.82) is 0 Å². The fourth-order valence-corrected chi connectivity index (χ4v) is 3.20. The number of allylic oxidation sites excluding steroid dienone is 2. The van der Waals surface area contributed by atoms with Crippen LogP contribution in [-0.4, -0.2) is 22.1 Å². The average Bonchev–Trinajstić information content (AvgIpc) is 3.10. The van der Waals surface area contributed by atoms with E-state index in [1.54, 1.807) is 24.3 Å². The van der Waals surface area contributed by atoms with Crippen molar-refractivity contribution >= 4 is 34.7 Å². The fraction of sp³-hybridized carbons (Fsp3) is 0. The highest BCUT2D eigenvalue weighted by atomic mass is 79.9. The zero-order chi connectivity index (χ0) is 14.6. The van der Waals surface area contributed by atoms with Crippen LogP contribution in [-0.2, 0) is 0 Å². The summed E-state index contributed by atoms with van der Waals surface area (Å²) in [6.45, 7) is -3.82. The minimum Gasteiger partial charge on any atom is -0.396 e. The van der Waals surface area contributed by atoms with E-state index in [-0.39, 0.29) is 0 Å². The van der Waals surface area contributed by atoms with E-state index in [0.29, 0.717) is 11.4 Å². The molecule has 3 heterocycles. The van der Waals surface area contributed by atoms with Gasteiger partial charge in [0.25, 0.3) is 0 Å². The van der Waals surface area contributed by atoms with Gasteiger partial charge in [-0.05, 0) is 36.0 Å². The van der Waals surface area contributed by atoms with Crippen molar-refractivity contribution in [3.63, 3.8) is 0 Å². The maximum Gasteiger partial charge on any atom is 0.737 e. The van der Waals surface area contributed by atoms with Crippen molar-refractivity contribution in [2.45, 2.75) is 0 Å². The van der Waals surface area contributed by atoms with Gasteiger partial charge in [0.05, 0.1) is 5.57 Å². The summed E-state index contributed by atoms with van der Waals surface area (Å²) in [6.07, 6.45) is 6.29. The number of fused-ring (bicyclic) bond motifs is 2. The molecule has 2 nitrogen and oxygen atoms in total. The highest BCUT2D eigenvalue weighted by Crippen LogP contribution is 2.38. The van der Waals surface area contributed by atoms with Crippen molar-refractivity contribution in [2.75, 3.05) is 0 Å². The summed E-state index contributed by atoms with van der Waals surface area (Å²) < 4.78 is 32.3. The number of hydrogen-bond acceptors (Lipinski definition) is 0. The molecule has 0 saturated heterocycles. The molecule has 0 amide bonds. The summed E-state index contributed by atoms with van der Waals surface area (Å²) in [7, 11) is 0. The van der Waals surface area contributed by atoms with Crippen molar-refractivity contribution in [3.8, 4) is 0 Å². The number of benzene rings is 1. The molecule has 0 unspecified atom stereocenters. The van der Waals surface area contributed by atoms with Gasteiger partial charge in [0.1, 0.15) is 6.21 Å². The zero-order valence-corrected chi connectivity index (χ0v) is 12.5. The standard InChI is InChI=1S/C15H10BBrF2N2/c17-12-7-5-11(6-8-12)15-13-3-1-9-20(13)16(18,19)21-10-2-4-14(15)21/h1-10H. The average molecular weight is 347 g/mol. The zero-order valence-electron chi connectivity index (χ0n) is 10.9. The van der Waals surface area contributed by atoms with E-state index in [1.165, 1.54) is 12.4 Å². The molecule has 6 heteroatoms. The topological polar surface area (TPSA) is 7.94 Å². The van der Waals surface area contributed by atoms with Crippen LogP contribution >= 0.6 is 15.9 Å². The smallest absolute Gasteiger partial charge is 0.396 e. The van der Waals surface area contributed by atoms with Gasteiger partial charge in [0, 0.05) is 22.3 Å². The minimum atomic E-state index is -3.82. The lowest BCUT2D eigenvalue weighted by molar-refractivity contribution is -0.356. The summed E-state index contributed by atoms with van der Waals surface area (Å²) in [4.78, 5) is 0. The van der Waals surface area contributed by atoms with Gasteiger partial charge >= 0.3 is 6.97 Å². The Morgan fingerprint density at radius 2 is 1.86 bits per heavy atom. The lowest BCUT2D eigenvalue weighted by atomic mass is 9.86. The maximum absolute atomic E-state index is 14.6. The highest BCUT2D eigenvalue weighted by Gasteiger charge is 2.51. The Labute approximate surface area is 128 Å². The Kier molecular flexibility index (Phi) is 2.60. The SMILES string of the molecule is F[B-]1(F)n2cccc2C(c2ccc(Br)cc2)=C2C=CC=[N+]21. The van der Waals surface area contributed by atoms with Gasteiger partial charge in [-0.2, -0.15) is 0 Å². The van der Waals surface area contributed by atoms with Gasteiger partial charge in [-0.25, -0.2) is 0 Å². The third-order valence-electron chi connectivity index (χ3n) is 3.87. The molecule has 2 aliphatic heterocycles. The molecule has 0 fully saturated rings. The molecule has 1 aromatic carbocycles. The summed E-state index contributed by atoms with van der Waals surface area (Å²) in [5.74, 6) is 0.